The molecule has 3 aromatic rings. The first-order valence-corrected chi connectivity index (χ1v) is 13.1. The van der Waals surface area contributed by atoms with Crippen molar-refractivity contribution >= 4 is 17.5 Å². The zero-order chi connectivity index (χ0) is 26.2. The van der Waals surface area contributed by atoms with E-state index in [1.54, 1.807) is 29.6 Å². The average Bonchev–Trinajstić information content (AvgIpc) is 3.54. The number of halogens is 1. The zero-order valence-corrected chi connectivity index (χ0v) is 21.6. The van der Waals surface area contributed by atoms with Crippen molar-refractivity contribution in [1.82, 2.24) is 19.5 Å². The Labute approximate surface area is 215 Å². The van der Waals surface area contributed by atoms with Crippen LogP contribution in [-0.2, 0) is 14.9 Å². The minimum Gasteiger partial charge on any atom is -0.482 e. The summed E-state index contributed by atoms with van der Waals surface area (Å²) in [6.45, 7) is 6.66. The van der Waals surface area contributed by atoms with Gasteiger partial charge in [-0.1, -0.05) is 19.8 Å². The molecule has 9 heteroatoms. The smallest absolute Gasteiger partial charge is 0.344 e. The van der Waals surface area contributed by atoms with Gasteiger partial charge in [-0.15, -0.1) is 0 Å². The second-order valence-electron chi connectivity index (χ2n) is 10.3. The second-order valence-corrected chi connectivity index (χ2v) is 10.3. The number of likely N-dealkylation sites (tertiary alicyclic amines) is 1. The minimum absolute atomic E-state index is 0.0561. The normalized spacial score (nSPS) is 18.9. The van der Waals surface area contributed by atoms with Crippen LogP contribution in [0.5, 0.6) is 5.75 Å². The number of rotatable bonds is 7. The predicted octanol–water partition coefficient (Wildman–Crippen LogP) is 4.93. The molecule has 0 bridgehead atoms. The maximum absolute atomic E-state index is 15.1. The molecular formula is C28H33FN4O4. The van der Waals surface area contributed by atoms with Crippen molar-refractivity contribution in [2.24, 2.45) is 0 Å². The van der Waals surface area contributed by atoms with Crippen LogP contribution in [-0.4, -0.2) is 57.2 Å². The molecule has 0 N–H and O–H groups in total. The van der Waals surface area contributed by atoms with E-state index in [0.717, 1.165) is 50.8 Å². The van der Waals surface area contributed by atoms with Gasteiger partial charge in [0.2, 0.25) is 0 Å². The van der Waals surface area contributed by atoms with E-state index < -0.39 is 11.8 Å². The molecule has 1 atom stereocenters. The maximum atomic E-state index is 15.1. The number of hydrogen-bond donors (Lipinski definition) is 0. The van der Waals surface area contributed by atoms with E-state index in [4.69, 9.17) is 14.6 Å². The van der Waals surface area contributed by atoms with Gasteiger partial charge in [0, 0.05) is 35.7 Å². The topological polar surface area (TPSA) is 86.0 Å². The SMILES string of the molecule is CCOC(=O)COc1ccc(-c2cc3nc(C(=O)N4CCCCC[C@H]4C)cc(C4(C)CC4)n3n2)c(F)c1. The monoisotopic (exact) mass is 508 g/mol. The molecule has 8 nitrogen and oxygen atoms in total. The van der Waals surface area contributed by atoms with Gasteiger partial charge in [0.15, 0.2) is 12.3 Å². The molecule has 1 aromatic carbocycles. The molecule has 3 heterocycles. The number of carbonyl (C=O) groups excluding carboxylic acids is 2. The molecule has 0 unspecified atom stereocenters. The predicted molar refractivity (Wildman–Crippen MR) is 136 cm³/mol. The molecular weight excluding hydrogens is 475 g/mol. The number of amides is 1. The summed E-state index contributed by atoms with van der Waals surface area (Å²) in [6.07, 6.45) is 6.25. The molecule has 0 spiro atoms. The maximum Gasteiger partial charge on any atom is 0.344 e. The van der Waals surface area contributed by atoms with E-state index in [1.165, 1.54) is 6.07 Å². The lowest BCUT2D eigenvalue weighted by molar-refractivity contribution is -0.145. The molecule has 1 aliphatic heterocycles. The minimum atomic E-state index is -0.529. The average molecular weight is 509 g/mol. The van der Waals surface area contributed by atoms with Gasteiger partial charge in [-0.25, -0.2) is 18.7 Å². The molecule has 1 saturated carbocycles. The van der Waals surface area contributed by atoms with E-state index >= 15 is 4.39 Å². The zero-order valence-electron chi connectivity index (χ0n) is 21.6. The number of benzene rings is 1. The van der Waals surface area contributed by atoms with Gasteiger partial charge in [0.1, 0.15) is 17.3 Å². The Hall–Kier alpha value is -3.49. The Bertz CT molecular complexity index is 1330. The number of carbonyl (C=O) groups is 2. The molecule has 2 fully saturated rings. The van der Waals surface area contributed by atoms with E-state index in [2.05, 4.69) is 18.8 Å². The number of fused-ring (bicyclic) bond motifs is 1. The molecule has 5 rings (SSSR count). The highest BCUT2D eigenvalue weighted by Gasteiger charge is 2.42. The van der Waals surface area contributed by atoms with Gasteiger partial charge in [-0.05, 0) is 57.7 Å². The molecule has 1 amide bonds. The molecule has 37 heavy (non-hydrogen) atoms. The van der Waals surface area contributed by atoms with Crippen molar-refractivity contribution in [3.8, 4) is 17.0 Å². The van der Waals surface area contributed by atoms with Gasteiger partial charge in [-0.2, -0.15) is 5.10 Å². The number of nitrogens with zero attached hydrogens (tertiary/aromatic N) is 4. The highest BCUT2D eigenvalue weighted by atomic mass is 19.1. The number of hydrogen-bond acceptors (Lipinski definition) is 6. The Kier molecular flexibility index (Phi) is 6.88. The van der Waals surface area contributed by atoms with Crippen LogP contribution in [0.2, 0.25) is 0 Å². The fourth-order valence-electron chi connectivity index (χ4n) is 4.95. The van der Waals surface area contributed by atoms with E-state index in [0.29, 0.717) is 17.0 Å². The number of ether oxygens (including phenoxy) is 2. The Morgan fingerprint density at radius 2 is 1.97 bits per heavy atom. The Morgan fingerprint density at radius 1 is 1.16 bits per heavy atom. The molecule has 1 aliphatic carbocycles. The van der Waals surface area contributed by atoms with Crippen LogP contribution < -0.4 is 4.74 Å². The third kappa shape index (κ3) is 5.17. The summed E-state index contributed by atoms with van der Waals surface area (Å²) in [5, 5.41) is 4.70. The summed E-state index contributed by atoms with van der Waals surface area (Å²) in [5.74, 6) is -0.876. The molecule has 0 radical (unpaired) electrons. The van der Waals surface area contributed by atoms with Crippen molar-refractivity contribution in [3.05, 3.63) is 47.5 Å². The lowest BCUT2D eigenvalue weighted by Crippen LogP contribution is -2.39. The summed E-state index contributed by atoms with van der Waals surface area (Å²) >= 11 is 0. The van der Waals surface area contributed by atoms with Crippen molar-refractivity contribution in [2.75, 3.05) is 19.8 Å². The first-order chi connectivity index (χ1) is 17.8. The lowest BCUT2D eigenvalue weighted by Gasteiger charge is -2.27. The first-order valence-electron chi connectivity index (χ1n) is 13.1. The standard InChI is InChI=1S/C28H33FN4O4/c1-4-36-26(34)17-37-19-9-10-20(21(29)14-19)22-16-25-30-23(15-24(33(25)31-22)28(3)11-12-28)27(35)32-13-7-5-6-8-18(32)2/h9-10,14-16,18H,4-8,11-13,17H2,1-3H3/t18-/m1/s1. The van der Waals surface area contributed by atoms with Crippen molar-refractivity contribution < 1.29 is 23.5 Å². The fourth-order valence-corrected chi connectivity index (χ4v) is 4.95. The van der Waals surface area contributed by atoms with E-state index in [-0.39, 0.29) is 41.9 Å². The number of aromatic nitrogens is 3. The van der Waals surface area contributed by atoms with Crippen molar-refractivity contribution in [3.63, 3.8) is 0 Å². The van der Waals surface area contributed by atoms with Gasteiger partial charge < -0.3 is 14.4 Å². The largest absolute Gasteiger partial charge is 0.482 e. The quantitative estimate of drug-likeness (QED) is 0.421. The third-order valence-electron chi connectivity index (χ3n) is 7.46. The molecule has 2 aliphatic rings. The summed E-state index contributed by atoms with van der Waals surface area (Å²) < 4.78 is 27.0. The van der Waals surface area contributed by atoms with Crippen LogP contribution in [0.25, 0.3) is 16.9 Å². The van der Waals surface area contributed by atoms with Gasteiger partial charge in [0.25, 0.3) is 5.91 Å². The van der Waals surface area contributed by atoms with Crippen LogP contribution in [0, 0.1) is 5.82 Å². The number of esters is 1. The van der Waals surface area contributed by atoms with Crippen LogP contribution in [0.15, 0.2) is 30.3 Å². The summed E-state index contributed by atoms with van der Waals surface area (Å²) in [7, 11) is 0. The van der Waals surface area contributed by atoms with Crippen LogP contribution >= 0.6 is 0 Å². The molecule has 1 saturated heterocycles. The lowest BCUT2D eigenvalue weighted by atomic mass is 10.0. The highest BCUT2D eigenvalue weighted by molar-refractivity contribution is 5.93. The fraction of sp³-hybridized carbons (Fsp3) is 0.500. The van der Waals surface area contributed by atoms with E-state index in [9.17, 15) is 9.59 Å². The summed E-state index contributed by atoms with van der Waals surface area (Å²) in [6, 6.07) is 8.15. The van der Waals surface area contributed by atoms with Crippen molar-refractivity contribution in [2.45, 2.75) is 70.8 Å². The first kappa shape index (κ1) is 25.2. The molecule has 2 aromatic heterocycles. The Morgan fingerprint density at radius 3 is 2.70 bits per heavy atom. The van der Waals surface area contributed by atoms with Gasteiger partial charge in [-0.3, -0.25) is 4.79 Å². The van der Waals surface area contributed by atoms with Crippen LogP contribution in [0.4, 0.5) is 4.39 Å². The van der Waals surface area contributed by atoms with Gasteiger partial charge >= 0.3 is 5.97 Å². The Balaban J connectivity index is 1.47. The highest BCUT2D eigenvalue weighted by Crippen LogP contribution is 2.47. The van der Waals surface area contributed by atoms with Crippen molar-refractivity contribution in [1.29, 1.82) is 0 Å². The van der Waals surface area contributed by atoms with Crippen LogP contribution in [0.3, 0.4) is 0 Å². The van der Waals surface area contributed by atoms with Gasteiger partial charge in [0.05, 0.1) is 18.0 Å². The third-order valence-corrected chi connectivity index (χ3v) is 7.46. The van der Waals surface area contributed by atoms with Crippen LogP contribution in [0.1, 0.15) is 75.5 Å². The second kappa shape index (κ2) is 10.1. The summed E-state index contributed by atoms with van der Waals surface area (Å²) in [5.41, 5.74) is 2.47. The van der Waals surface area contributed by atoms with E-state index in [1.807, 2.05) is 11.0 Å². The summed E-state index contributed by atoms with van der Waals surface area (Å²) in [4.78, 5) is 31.7. The molecule has 196 valence electrons.